The van der Waals surface area contributed by atoms with Gasteiger partial charge in [0.2, 0.25) is 0 Å². The maximum atomic E-state index is 10.6. The number of fused-ring (bicyclic) bond motifs is 3. The minimum Gasteiger partial charge on any atom is -0.493 e. The van der Waals surface area contributed by atoms with E-state index in [1.807, 2.05) is 51.2 Å². The van der Waals surface area contributed by atoms with Gasteiger partial charge < -0.3 is 19.9 Å². The Balaban J connectivity index is 1.65. The van der Waals surface area contributed by atoms with Crippen LogP contribution in [0, 0.1) is 6.92 Å². The van der Waals surface area contributed by atoms with E-state index in [0.717, 1.165) is 46.7 Å². The average Bonchev–Trinajstić information content (AvgIpc) is 2.58. The molecule has 2 atom stereocenters. The highest BCUT2D eigenvalue weighted by atomic mass is 16.5. The molecule has 138 valence electrons. The van der Waals surface area contributed by atoms with Crippen molar-refractivity contribution in [2.24, 2.45) is 0 Å². The second-order valence-electron chi connectivity index (χ2n) is 6.62. The Hall–Kier alpha value is -2.76. The summed E-state index contributed by atoms with van der Waals surface area (Å²) in [5.41, 5.74) is 4.33. The van der Waals surface area contributed by atoms with Crippen LogP contribution in [0.15, 0.2) is 30.5 Å². The average molecular weight is 356 g/mol. The van der Waals surface area contributed by atoms with Crippen LogP contribution in [0.2, 0.25) is 0 Å². The van der Waals surface area contributed by atoms with Gasteiger partial charge in [-0.05, 0) is 57.4 Å². The van der Waals surface area contributed by atoms with Crippen molar-refractivity contribution in [3.8, 4) is 22.6 Å². The zero-order chi connectivity index (χ0) is 18.7. The van der Waals surface area contributed by atoms with Gasteiger partial charge in [0.15, 0.2) is 0 Å². The van der Waals surface area contributed by atoms with Crippen LogP contribution in [-0.4, -0.2) is 28.8 Å². The first-order valence-electron chi connectivity index (χ1n) is 8.84. The third-order valence-corrected chi connectivity index (χ3v) is 4.56. The van der Waals surface area contributed by atoms with Gasteiger partial charge in [0.25, 0.3) is 0 Å². The lowest BCUT2D eigenvalue weighted by Gasteiger charge is -2.27. The number of aryl methyl sites for hydroxylation is 1. The summed E-state index contributed by atoms with van der Waals surface area (Å²) >= 11 is 0. The van der Waals surface area contributed by atoms with Gasteiger partial charge in [0.1, 0.15) is 17.6 Å². The SMILES string of the molecule is Cc1nccc2c1C(C)Oc1cc(OCCCC(C)NC(=O)O)ccc1-2. The van der Waals surface area contributed by atoms with Crippen LogP contribution in [0.4, 0.5) is 4.79 Å². The molecule has 1 amide bonds. The summed E-state index contributed by atoms with van der Waals surface area (Å²) in [5.74, 6) is 1.57. The normalized spacial score (nSPS) is 16.0. The monoisotopic (exact) mass is 356 g/mol. The summed E-state index contributed by atoms with van der Waals surface area (Å²) in [6, 6.07) is 7.82. The second kappa shape index (κ2) is 7.64. The van der Waals surface area contributed by atoms with E-state index in [0.29, 0.717) is 6.61 Å². The number of carboxylic acid groups (broad SMARTS) is 1. The number of hydrogen-bond donors (Lipinski definition) is 2. The van der Waals surface area contributed by atoms with Gasteiger partial charge in [-0.15, -0.1) is 0 Å². The molecule has 2 N–H and O–H groups in total. The second-order valence-corrected chi connectivity index (χ2v) is 6.62. The number of nitrogens with one attached hydrogen (secondary N) is 1. The van der Waals surface area contributed by atoms with Crippen LogP contribution in [-0.2, 0) is 0 Å². The van der Waals surface area contributed by atoms with Crippen molar-refractivity contribution >= 4 is 6.09 Å². The Morgan fingerprint density at radius 1 is 1.38 bits per heavy atom. The molecule has 0 saturated carbocycles. The number of pyridine rings is 1. The van der Waals surface area contributed by atoms with Gasteiger partial charge in [-0.3, -0.25) is 4.98 Å². The Morgan fingerprint density at radius 2 is 2.19 bits per heavy atom. The number of amides is 1. The van der Waals surface area contributed by atoms with Crippen LogP contribution < -0.4 is 14.8 Å². The minimum atomic E-state index is -0.995. The fourth-order valence-corrected chi connectivity index (χ4v) is 3.35. The molecule has 26 heavy (non-hydrogen) atoms. The first kappa shape index (κ1) is 18.0. The Morgan fingerprint density at radius 3 is 2.96 bits per heavy atom. The molecule has 0 aliphatic carbocycles. The van der Waals surface area contributed by atoms with Crippen molar-refractivity contribution in [3.63, 3.8) is 0 Å². The standard InChI is InChI=1S/C20H24N2O4/c1-12(22-20(23)24)5-4-10-25-15-6-7-16-17-8-9-21-13(2)19(17)14(3)26-18(16)11-15/h6-9,11-12,14,22H,4-5,10H2,1-3H3,(H,23,24). The molecule has 0 saturated heterocycles. The Bertz CT molecular complexity index is 806. The fourth-order valence-electron chi connectivity index (χ4n) is 3.35. The highest BCUT2D eigenvalue weighted by Gasteiger charge is 2.25. The summed E-state index contributed by atoms with van der Waals surface area (Å²) < 4.78 is 11.9. The molecule has 6 heteroatoms. The van der Waals surface area contributed by atoms with E-state index in [-0.39, 0.29) is 12.1 Å². The number of nitrogens with zero attached hydrogens (tertiary/aromatic N) is 1. The van der Waals surface area contributed by atoms with E-state index < -0.39 is 6.09 Å². The van der Waals surface area contributed by atoms with Crippen LogP contribution in [0.3, 0.4) is 0 Å². The van der Waals surface area contributed by atoms with E-state index in [9.17, 15) is 4.79 Å². The van der Waals surface area contributed by atoms with Crippen molar-refractivity contribution in [2.75, 3.05) is 6.61 Å². The molecule has 0 bridgehead atoms. The van der Waals surface area contributed by atoms with E-state index in [4.69, 9.17) is 14.6 Å². The molecule has 3 rings (SSSR count). The lowest BCUT2D eigenvalue weighted by molar-refractivity contribution is 0.189. The van der Waals surface area contributed by atoms with Crippen LogP contribution in [0.1, 0.15) is 44.1 Å². The number of rotatable bonds is 6. The van der Waals surface area contributed by atoms with Crippen molar-refractivity contribution in [3.05, 3.63) is 41.7 Å². The number of aromatic nitrogens is 1. The summed E-state index contributed by atoms with van der Waals surface area (Å²) in [6.45, 7) is 6.40. The van der Waals surface area contributed by atoms with Gasteiger partial charge in [0, 0.05) is 35.1 Å². The number of hydrogen-bond acceptors (Lipinski definition) is 4. The highest BCUT2D eigenvalue weighted by molar-refractivity contribution is 5.76. The predicted molar refractivity (Wildman–Crippen MR) is 98.8 cm³/mol. The van der Waals surface area contributed by atoms with Gasteiger partial charge in [-0.25, -0.2) is 4.79 Å². The summed E-state index contributed by atoms with van der Waals surface area (Å²) in [6.07, 6.45) is 2.27. The van der Waals surface area contributed by atoms with Crippen LogP contribution in [0.25, 0.3) is 11.1 Å². The smallest absolute Gasteiger partial charge is 0.404 e. The van der Waals surface area contributed by atoms with Gasteiger partial charge >= 0.3 is 6.09 Å². The van der Waals surface area contributed by atoms with Gasteiger partial charge in [-0.1, -0.05) is 0 Å². The lowest BCUT2D eigenvalue weighted by atomic mass is 9.93. The zero-order valence-corrected chi connectivity index (χ0v) is 15.3. The van der Waals surface area contributed by atoms with E-state index in [1.165, 1.54) is 0 Å². The van der Waals surface area contributed by atoms with Crippen molar-refractivity contribution < 1.29 is 19.4 Å². The first-order chi connectivity index (χ1) is 12.5. The van der Waals surface area contributed by atoms with Crippen LogP contribution >= 0.6 is 0 Å². The molecule has 1 aliphatic rings. The number of carbonyl (C=O) groups is 1. The number of ether oxygens (including phenoxy) is 2. The molecule has 1 aromatic heterocycles. The maximum absolute atomic E-state index is 10.6. The predicted octanol–water partition coefficient (Wildman–Crippen LogP) is 4.33. The van der Waals surface area contributed by atoms with E-state index >= 15 is 0 Å². The zero-order valence-electron chi connectivity index (χ0n) is 15.3. The lowest BCUT2D eigenvalue weighted by Crippen LogP contribution is -2.31. The molecule has 2 heterocycles. The summed E-state index contributed by atoms with van der Waals surface area (Å²) in [5, 5.41) is 11.1. The molecular formula is C20H24N2O4. The largest absolute Gasteiger partial charge is 0.493 e. The third kappa shape index (κ3) is 3.90. The third-order valence-electron chi connectivity index (χ3n) is 4.56. The van der Waals surface area contributed by atoms with Crippen LogP contribution in [0.5, 0.6) is 11.5 Å². The van der Waals surface area contributed by atoms with Gasteiger partial charge in [0.05, 0.1) is 6.61 Å². The van der Waals surface area contributed by atoms with Gasteiger partial charge in [-0.2, -0.15) is 0 Å². The molecule has 6 nitrogen and oxygen atoms in total. The van der Waals surface area contributed by atoms with Crippen molar-refractivity contribution in [2.45, 2.75) is 45.8 Å². The van der Waals surface area contributed by atoms with E-state index in [2.05, 4.69) is 10.3 Å². The minimum absolute atomic E-state index is 0.0515. The maximum Gasteiger partial charge on any atom is 0.404 e. The molecule has 0 spiro atoms. The molecule has 1 aromatic carbocycles. The fraction of sp³-hybridized carbons (Fsp3) is 0.400. The Kier molecular flexibility index (Phi) is 5.30. The molecule has 0 fully saturated rings. The number of benzene rings is 1. The first-order valence-corrected chi connectivity index (χ1v) is 8.84. The molecule has 1 aliphatic heterocycles. The topological polar surface area (TPSA) is 80.7 Å². The highest BCUT2D eigenvalue weighted by Crippen LogP contribution is 2.44. The molecular weight excluding hydrogens is 332 g/mol. The van der Waals surface area contributed by atoms with Crippen molar-refractivity contribution in [1.82, 2.24) is 10.3 Å². The molecule has 2 unspecified atom stereocenters. The summed E-state index contributed by atoms with van der Waals surface area (Å²) in [7, 11) is 0. The quantitative estimate of drug-likeness (QED) is 0.753. The molecule has 0 radical (unpaired) electrons. The molecule has 2 aromatic rings. The Labute approximate surface area is 153 Å². The van der Waals surface area contributed by atoms with E-state index in [1.54, 1.807) is 0 Å². The summed E-state index contributed by atoms with van der Waals surface area (Å²) in [4.78, 5) is 14.9. The van der Waals surface area contributed by atoms with Crippen molar-refractivity contribution in [1.29, 1.82) is 0 Å².